The topological polar surface area (TPSA) is 35.0 Å². The first-order valence-electron chi connectivity index (χ1n) is 5.81. The van der Waals surface area contributed by atoms with Gasteiger partial charge in [-0.3, -0.25) is 0 Å². The van der Waals surface area contributed by atoms with Crippen LogP contribution in [0.1, 0.15) is 5.69 Å². The van der Waals surface area contributed by atoms with Crippen LogP contribution in [0.5, 0.6) is 0 Å². The molecule has 3 aromatic heterocycles. The van der Waals surface area contributed by atoms with Gasteiger partial charge in [0.2, 0.25) is 0 Å². The first kappa shape index (κ1) is 12.5. The van der Waals surface area contributed by atoms with E-state index in [4.69, 9.17) is 4.74 Å². The lowest BCUT2D eigenvalue weighted by Gasteiger charge is -2.00. The Morgan fingerprint density at radius 3 is 2.79 bits per heavy atom. The van der Waals surface area contributed by atoms with Gasteiger partial charge >= 0.3 is 0 Å². The van der Waals surface area contributed by atoms with Crippen molar-refractivity contribution in [2.24, 2.45) is 0 Å². The minimum atomic E-state index is 0.513. The van der Waals surface area contributed by atoms with E-state index in [0.29, 0.717) is 6.61 Å². The molecular formula is C14H12N2OS2. The van der Waals surface area contributed by atoms with Crippen LogP contribution >= 0.6 is 22.7 Å². The Bertz CT molecular complexity index is 662. The summed E-state index contributed by atoms with van der Waals surface area (Å²) in [4.78, 5) is 12.2. The lowest BCUT2D eigenvalue weighted by atomic mass is 10.3. The summed E-state index contributed by atoms with van der Waals surface area (Å²) in [6, 6.07) is 10.4. The second-order valence-electron chi connectivity index (χ2n) is 3.97. The number of thiophene rings is 2. The van der Waals surface area contributed by atoms with Gasteiger partial charge in [-0.25, -0.2) is 9.97 Å². The Kier molecular flexibility index (Phi) is 3.68. The summed E-state index contributed by atoms with van der Waals surface area (Å²) in [6.07, 6.45) is 1.59. The standard InChI is InChI=1S/C14H12N2OS2/c1-17-8-10-7-11(16-9-15-10)12-4-5-14(19-12)13-3-2-6-18-13/h2-7,9H,8H2,1H3. The zero-order valence-electron chi connectivity index (χ0n) is 10.4. The lowest BCUT2D eigenvalue weighted by molar-refractivity contribution is 0.181. The molecule has 0 unspecified atom stereocenters. The molecule has 3 aromatic rings. The molecule has 5 heteroatoms. The Hall–Kier alpha value is -1.56. The smallest absolute Gasteiger partial charge is 0.116 e. The number of nitrogens with zero attached hydrogens (tertiary/aromatic N) is 2. The average molecular weight is 288 g/mol. The third kappa shape index (κ3) is 2.73. The summed E-state index contributed by atoms with van der Waals surface area (Å²) in [5.41, 5.74) is 1.86. The van der Waals surface area contributed by atoms with E-state index < -0.39 is 0 Å². The number of aromatic nitrogens is 2. The van der Waals surface area contributed by atoms with Gasteiger partial charge in [0.15, 0.2) is 0 Å². The molecule has 0 spiro atoms. The van der Waals surface area contributed by atoms with E-state index in [1.54, 1.807) is 36.1 Å². The van der Waals surface area contributed by atoms with Crippen molar-refractivity contribution in [3.05, 3.63) is 47.7 Å². The number of methoxy groups -OCH3 is 1. The van der Waals surface area contributed by atoms with Gasteiger partial charge in [0, 0.05) is 16.9 Å². The SMILES string of the molecule is COCc1cc(-c2ccc(-c3cccs3)s2)ncn1. The monoisotopic (exact) mass is 288 g/mol. The molecule has 0 aliphatic carbocycles. The van der Waals surface area contributed by atoms with Crippen LogP contribution in [0.2, 0.25) is 0 Å². The molecule has 0 aliphatic heterocycles. The fourth-order valence-electron chi connectivity index (χ4n) is 1.79. The minimum Gasteiger partial charge on any atom is -0.378 e. The van der Waals surface area contributed by atoms with E-state index in [1.807, 2.05) is 6.07 Å². The van der Waals surface area contributed by atoms with E-state index in [9.17, 15) is 0 Å². The Morgan fingerprint density at radius 1 is 1.11 bits per heavy atom. The molecule has 3 rings (SSSR count). The molecule has 3 heterocycles. The van der Waals surface area contributed by atoms with E-state index in [0.717, 1.165) is 16.3 Å². The van der Waals surface area contributed by atoms with E-state index in [-0.39, 0.29) is 0 Å². The Labute approximate surface area is 119 Å². The maximum absolute atomic E-state index is 5.10. The number of rotatable bonds is 4. The highest BCUT2D eigenvalue weighted by Crippen LogP contribution is 2.35. The van der Waals surface area contributed by atoms with Gasteiger partial charge in [0.25, 0.3) is 0 Å². The zero-order valence-corrected chi connectivity index (χ0v) is 12.0. The fourth-order valence-corrected chi connectivity index (χ4v) is 3.59. The minimum absolute atomic E-state index is 0.513. The molecule has 0 saturated carbocycles. The number of hydrogen-bond donors (Lipinski definition) is 0. The summed E-state index contributed by atoms with van der Waals surface area (Å²) in [6.45, 7) is 0.513. The van der Waals surface area contributed by atoms with Crippen molar-refractivity contribution in [1.29, 1.82) is 0 Å². The van der Waals surface area contributed by atoms with Gasteiger partial charge < -0.3 is 4.74 Å². The maximum atomic E-state index is 5.10. The Morgan fingerprint density at radius 2 is 2.00 bits per heavy atom. The van der Waals surface area contributed by atoms with Gasteiger partial charge in [0.05, 0.1) is 22.9 Å². The van der Waals surface area contributed by atoms with Gasteiger partial charge in [-0.05, 0) is 29.6 Å². The van der Waals surface area contributed by atoms with Crippen LogP contribution in [-0.2, 0) is 11.3 Å². The summed E-state index contributed by atoms with van der Waals surface area (Å²) in [7, 11) is 1.67. The van der Waals surface area contributed by atoms with Crippen molar-refractivity contribution < 1.29 is 4.74 Å². The lowest BCUT2D eigenvalue weighted by Crippen LogP contribution is -1.93. The maximum Gasteiger partial charge on any atom is 0.116 e. The van der Waals surface area contributed by atoms with E-state index >= 15 is 0 Å². The van der Waals surface area contributed by atoms with Crippen LogP contribution in [0, 0.1) is 0 Å². The summed E-state index contributed by atoms with van der Waals surface area (Å²) in [5.74, 6) is 0. The molecule has 0 amide bonds. The highest BCUT2D eigenvalue weighted by atomic mass is 32.1. The normalized spacial score (nSPS) is 10.8. The zero-order chi connectivity index (χ0) is 13.1. The van der Waals surface area contributed by atoms with Gasteiger partial charge in [-0.2, -0.15) is 0 Å². The second kappa shape index (κ2) is 5.61. The van der Waals surface area contributed by atoms with Crippen molar-refractivity contribution in [2.75, 3.05) is 7.11 Å². The van der Waals surface area contributed by atoms with Crippen LogP contribution < -0.4 is 0 Å². The highest BCUT2D eigenvalue weighted by molar-refractivity contribution is 7.23. The van der Waals surface area contributed by atoms with Crippen molar-refractivity contribution >= 4 is 22.7 Å². The third-order valence-electron chi connectivity index (χ3n) is 2.64. The van der Waals surface area contributed by atoms with Crippen molar-refractivity contribution in [3.8, 4) is 20.3 Å². The largest absolute Gasteiger partial charge is 0.378 e. The first-order chi connectivity index (χ1) is 9.36. The van der Waals surface area contributed by atoms with Gasteiger partial charge in [-0.15, -0.1) is 22.7 Å². The summed E-state index contributed by atoms with van der Waals surface area (Å²) >= 11 is 3.50. The summed E-state index contributed by atoms with van der Waals surface area (Å²) < 4.78 is 5.10. The number of hydrogen-bond acceptors (Lipinski definition) is 5. The van der Waals surface area contributed by atoms with Crippen molar-refractivity contribution in [2.45, 2.75) is 6.61 Å². The van der Waals surface area contributed by atoms with E-state index in [1.165, 1.54) is 9.75 Å². The highest BCUT2D eigenvalue weighted by Gasteiger charge is 2.07. The molecule has 0 fully saturated rings. The second-order valence-corrected chi connectivity index (χ2v) is 6.00. The quantitative estimate of drug-likeness (QED) is 0.725. The molecule has 96 valence electrons. The van der Waals surface area contributed by atoms with Crippen LogP contribution in [0.25, 0.3) is 20.3 Å². The predicted octanol–water partition coefficient (Wildman–Crippen LogP) is 4.08. The molecule has 0 aromatic carbocycles. The molecule has 3 nitrogen and oxygen atoms in total. The molecule has 0 bridgehead atoms. The number of ether oxygens (including phenoxy) is 1. The van der Waals surface area contributed by atoms with Crippen LogP contribution in [0.3, 0.4) is 0 Å². The molecule has 0 N–H and O–H groups in total. The first-order valence-corrected chi connectivity index (χ1v) is 7.50. The molecular weight excluding hydrogens is 276 g/mol. The predicted molar refractivity (Wildman–Crippen MR) is 79.4 cm³/mol. The van der Waals surface area contributed by atoms with Crippen molar-refractivity contribution in [1.82, 2.24) is 9.97 Å². The fraction of sp³-hybridized carbons (Fsp3) is 0.143. The molecule has 0 atom stereocenters. The van der Waals surface area contributed by atoms with Crippen LogP contribution in [0.15, 0.2) is 42.0 Å². The average Bonchev–Trinajstić information content (AvgIpc) is 3.11. The molecule has 0 radical (unpaired) electrons. The van der Waals surface area contributed by atoms with Gasteiger partial charge in [-0.1, -0.05) is 6.07 Å². The summed E-state index contributed by atoms with van der Waals surface area (Å²) in [5, 5.41) is 2.09. The van der Waals surface area contributed by atoms with Gasteiger partial charge in [0.1, 0.15) is 6.33 Å². The van der Waals surface area contributed by atoms with Crippen molar-refractivity contribution in [3.63, 3.8) is 0 Å². The van der Waals surface area contributed by atoms with Crippen LogP contribution in [-0.4, -0.2) is 17.1 Å². The van der Waals surface area contributed by atoms with E-state index in [2.05, 4.69) is 39.6 Å². The molecule has 0 aliphatic rings. The Balaban J connectivity index is 1.92. The van der Waals surface area contributed by atoms with Crippen LogP contribution in [0.4, 0.5) is 0 Å². The molecule has 0 saturated heterocycles. The molecule has 19 heavy (non-hydrogen) atoms. The third-order valence-corrected chi connectivity index (χ3v) is 4.81.